The molecule has 0 radical (unpaired) electrons. The Morgan fingerprint density at radius 3 is 2.61 bits per heavy atom. The van der Waals surface area contributed by atoms with E-state index in [4.69, 9.17) is 0 Å². The molecule has 0 saturated carbocycles. The van der Waals surface area contributed by atoms with Crippen molar-refractivity contribution in [2.45, 2.75) is 25.8 Å². The van der Waals surface area contributed by atoms with Crippen LogP contribution in [0, 0.1) is 6.92 Å². The van der Waals surface area contributed by atoms with Gasteiger partial charge in [-0.25, -0.2) is 12.7 Å². The normalized spacial score (nSPS) is 19.7. The Balaban J connectivity index is 1.89. The molecule has 0 bridgehead atoms. The molecule has 1 aliphatic heterocycles. The van der Waals surface area contributed by atoms with E-state index in [0.29, 0.717) is 6.54 Å². The number of amides is 1. The molecule has 1 heterocycles. The summed E-state index contributed by atoms with van der Waals surface area (Å²) >= 11 is 0. The Morgan fingerprint density at radius 2 is 2.00 bits per heavy atom. The fourth-order valence-corrected chi connectivity index (χ4v) is 3.50. The predicted molar refractivity (Wildman–Crippen MR) is 91.9 cm³/mol. The van der Waals surface area contributed by atoms with E-state index >= 15 is 0 Å². The zero-order valence-electron chi connectivity index (χ0n) is 13.9. The van der Waals surface area contributed by atoms with Crippen molar-refractivity contribution >= 4 is 21.6 Å². The largest absolute Gasteiger partial charge is 0.325 e. The van der Waals surface area contributed by atoms with Gasteiger partial charge in [-0.3, -0.25) is 9.69 Å². The fraction of sp³-hybridized carbons (Fsp3) is 0.562. The summed E-state index contributed by atoms with van der Waals surface area (Å²) < 4.78 is 24.7. The fourth-order valence-electron chi connectivity index (χ4n) is 2.78. The highest BCUT2D eigenvalue weighted by Gasteiger charge is 2.28. The van der Waals surface area contributed by atoms with Crippen LogP contribution in [0.25, 0.3) is 0 Å². The summed E-state index contributed by atoms with van der Waals surface area (Å²) in [5.41, 5.74) is 1.92. The van der Waals surface area contributed by atoms with E-state index in [1.807, 2.05) is 36.1 Å². The molecular weight excluding hydrogens is 314 g/mol. The summed E-state index contributed by atoms with van der Waals surface area (Å²) in [5.74, 6) is -0.0727. The highest BCUT2D eigenvalue weighted by molar-refractivity contribution is 7.88. The van der Waals surface area contributed by atoms with Crippen LogP contribution < -0.4 is 5.32 Å². The lowest BCUT2D eigenvalue weighted by Gasteiger charge is -2.36. The molecule has 0 spiro atoms. The van der Waals surface area contributed by atoms with Crippen LogP contribution in [0.2, 0.25) is 0 Å². The van der Waals surface area contributed by atoms with Crippen LogP contribution in [0.4, 0.5) is 5.69 Å². The Hall–Kier alpha value is -1.44. The topological polar surface area (TPSA) is 69.7 Å². The lowest BCUT2D eigenvalue weighted by Crippen LogP contribution is -2.49. The molecular formula is C16H25N3O3S. The molecule has 1 saturated heterocycles. The van der Waals surface area contributed by atoms with Gasteiger partial charge in [-0.15, -0.1) is 0 Å². The van der Waals surface area contributed by atoms with Gasteiger partial charge in [-0.05, 0) is 38.4 Å². The monoisotopic (exact) mass is 339 g/mol. The van der Waals surface area contributed by atoms with Crippen molar-refractivity contribution in [3.8, 4) is 0 Å². The zero-order chi connectivity index (χ0) is 17.0. The summed E-state index contributed by atoms with van der Waals surface area (Å²) in [6, 6.07) is 7.60. The van der Waals surface area contributed by atoms with Gasteiger partial charge in [0, 0.05) is 25.3 Å². The van der Waals surface area contributed by atoms with Crippen molar-refractivity contribution in [1.29, 1.82) is 0 Å². The van der Waals surface area contributed by atoms with E-state index in [1.165, 1.54) is 10.6 Å². The average Bonchev–Trinajstić information content (AvgIpc) is 2.48. The van der Waals surface area contributed by atoms with Crippen LogP contribution in [-0.4, -0.2) is 62.5 Å². The quantitative estimate of drug-likeness (QED) is 0.878. The number of hydrogen-bond acceptors (Lipinski definition) is 4. The summed E-state index contributed by atoms with van der Waals surface area (Å²) in [6.45, 7) is 3.68. The van der Waals surface area contributed by atoms with Crippen molar-refractivity contribution in [1.82, 2.24) is 9.21 Å². The molecule has 1 atom stereocenters. The third-order valence-electron chi connectivity index (χ3n) is 4.22. The number of carbonyl (C=O) groups excluding carboxylic acids is 1. The molecule has 1 aromatic rings. The van der Waals surface area contributed by atoms with Crippen molar-refractivity contribution in [3.05, 3.63) is 29.8 Å². The van der Waals surface area contributed by atoms with Crippen LogP contribution in [0.1, 0.15) is 18.4 Å². The number of carbonyl (C=O) groups is 1. The maximum atomic E-state index is 12.2. The van der Waals surface area contributed by atoms with E-state index in [0.717, 1.165) is 30.6 Å². The molecule has 1 unspecified atom stereocenters. The van der Waals surface area contributed by atoms with Crippen molar-refractivity contribution < 1.29 is 13.2 Å². The van der Waals surface area contributed by atoms with Crippen LogP contribution in [0.3, 0.4) is 0 Å². The zero-order valence-corrected chi connectivity index (χ0v) is 14.8. The molecule has 1 aromatic carbocycles. The number of rotatable bonds is 5. The molecule has 6 nitrogen and oxygen atoms in total. The maximum absolute atomic E-state index is 12.2. The number of nitrogens with one attached hydrogen (secondary N) is 1. The lowest BCUT2D eigenvalue weighted by atomic mass is 10.1. The Morgan fingerprint density at radius 1 is 1.35 bits per heavy atom. The molecule has 1 aliphatic rings. The second-order valence-corrected chi connectivity index (χ2v) is 8.27. The number of anilines is 1. The summed E-state index contributed by atoms with van der Waals surface area (Å²) in [4.78, 5) is 14.2. The maximum Gasteiger partial charge on any atom is 0.238 e. The highest BCUT2D eigenvalue weighted by Crippen LogP contribution is 2.17. The van der Waals surface area contributed by atoms with Gasteiger partial charge >= 0.3 is 0 Å². The first kappa shape index (κ1) is 17.9. The molecule has 2 rings (SSSR count). The van der Waals surface area contributed by atoms with Gasteiger partial charge in [0.05, 0.1) is 12.8 Å². The van der Waals surface area contributed by atoms with E-state index in [1.54, 1.807) is 7.05 Å². The van der Waals surface area contributed by atoms with Crippen LogP contribution in [0.5, 0.6) is 0 Å². The number of benzene rings is 1. The van der Waals surface area contributed by atoms with Crippen LogP contribution >= 0.6 is 0 Å². The molecule has 7 heteroatoms. The Kier molecular flexibility index (Phi) is 5.78. The van der Waals surface area contributed by atoms with E-state index in [2.05, 4.69) is 5.32 Å². The van der Waals surface area contributed by atoms with Crippen molar-refractivity contribution in [2.75, 3.05) is 38.3 Å². The number of nitrogens with zero attached hydrogens (tertiary/aromatic N) is 2. The SMILES string of the molecule is Cc1ccc(NC(=O)CN2CCCC(N(C)S(C)(=O)=O)C2)cc1. The average molecular weight is 339 g/mol. The van der Waals surface area contributed by atoms with Gasteiger partial charge in [0.2, 0.25) is 15.9 Å². The lowest BCUT2D eigenvalue weighted by molar-refractivity contribution is -0.117. The molecule has 0 aliphatic carbocycles. The van der Waals surface area contributed by atoms with Crippen molar-refractivity contribution in [2.24, 2.45) is 0 Å². The molecule has 1 N–H and O–H groups in total. The molecule has 1 amide bonds. The summed E-state index contributed by atoms with van der Waals surface area (Å²) in [6.07, 6.45) is 2.94. The van der Waals surface area contributed by atoms with Gasteiger partial charge in [0.25, 0.3) is 0 Å². The first-order chi connectivity index (χ1) is 10.8. The van der Waals surface area contributed by atoms with Crippen LogP contribution in [-0.2, 0) is 14.8 Å². The minimum atomic E-state index is -3.20. The number of hydrogen-bond donors (Lipinski definition) is 1. The molecule has 0 aromatic heterocycles. The smallest absolute Gasteiger partial charge is 0.238 e. The van der Waals surface area contributed by atoms with Crippen molar-refractivity contribution in [3.63, 3.8) is 0 Å². The minimum Gasteiger partial charge on any atom is -0.325 e. The Labute approximate surface area is 138 Å². The number of likely N-dealkylation sites (tertiary alicyclic amines) is 1. The van der Waals surface area contributed by atoms with E-state index in [-0.39, 0.29) is 18.5 Å². The van der Waals surface area contributed by atoms with Gasteiger partial charge < -0.3 is 5.32 Å². The third kappa shape index (κ3) is 5.30. The standard InChI is InChI=1S/C16H25N3O3S/c1-13-6-8-14(9-7-13)17-16(20)12-19-10-4-5-15(11-19)18(2)23(3,21)22/h6-9,15H,4-5,10-12H2,1-3H3,(H,17,20). The summed E-state index contributed by atoms with van der Waals surface area (Å²) in [7, 11) is -1.59. The Bertz CT molecular complexity index is 643. The van der Waals surface area contributed by atoms with Gasteiger partial charge in [0.1, 0.15) is 0 Å². The number of piperidine rings is 1. The molecule has 1 fully saturated rings. The van der Waals surface area contributed by atoms with Gasteiger partial charge in [-0.2, -0.15) is 0 Å². The van der Waals surface area contributed by atoms with Crippen LogP contribution in [0.15, 0.2) is 24.3 Å². The van der Waals surface area contributed by atoms with E-state index in [9.17, 15) is 13.2 Å². The second kappa shape index (κ2) is 7.42. The van der Waals surface area contributed by atoms with Gasteiger partial charge in [0.15, 0.2) is 0 Å². The molecule has 23 heavy (non-hydrogen) atoms. The van der Waals surface area contributed by atoms with Gasteiger partial charge in [-0.1, -0.05) is 17.7 Å². The van der Waals surface area contributed by atoms with E-state index < -0.39 is 10.0 Å². The minimum absolute atomic E-state index is 0.0640. The number of sulfonamides is 1. The first-order valence-corrected chi connectivity index (χ1v) is 9.62. The first-order valence-electron chi connectivity index (χ1n) is 7.77. The highest BCUT2D eigenvalue weighted by atomic mass is 32.2. The summed E-state index contributed by atoms with van der Waals surface area (Å²) in [5, 5.41) is 2.88. The molecule has 128 valence electrons. The predicted octanol–water partition coefficient (Wildman–Crippen LogP) is 1.29. The second-order valence-electron chi connectivity index (χ2n) is 6.22. The third-order valence-corrected chi connectivity index (χ3v) is 5.56. The number of likely N-dealkylation sites (N-methyl/N-ethyl adjacent to an activating group) is 1. The number of aryl methyl sites for hydroxylation is 1.